The molecule has 1 N–H and O–H groups in total. The fraction of sp³-hybridized carbons (Fsp3) is 0.316. The molecular weight excluding hydrogens is 290 g/mol. The number of methoxy groups -OCH3 is 2. The first kappa shape index (κ1) is 14.1. The van der Waals surface area contributed by atoms with Gasteiger partial charge in [-0.1, -0.05) is 6.07 Å². The predicted octanol–water partition coefficient (Wildman–Crippen LogP) is 4.00. The van der Waals surface area contributed by atoms with Crippen LogP contribution in [0.3, 0.4) is 0 Å². The molecule has 118 valence electrons. The number of aryl methyl sites for hydroxylation is 2. The Hall–Kier alpha value is -2.49. The van der Waals surface area contributed by atoms with E-state index >= 15 is 0 Å². The summed E-state index contributed by atoms with van der Waals surface area (Å²) in [5, 5.41) is 1.88. The van der Waals surface area contributed by atoms with Crippen LogP contribution in [-0.2, 0) is 17.6 Å². The van der Waals surface area contributed by atoms with Gasteiger partial charge in [-0.25, -0.2) is 4.79 Å². The zero-order valence-electron chi connectivity index (χ0n) is 13.4. The van der Waals surface area contributed by atoms with Gasteiger partial charge in [-0.15, -0.1) is 0 Å². The lowest BCUT2D eigenvalue weighted by Gasteiger charge is -2.18. The van der Waals surface area contributed by atoms with Crippen LogP contribution < -0.4 is 4.74 Å². The summed E-state index contributed by atoms with van der Waals surface area (Å²) in [6.45, 7) is 0. The van der Waals surface area contributed by atoms with E-state index in [-0.39, 0.29) is 5.97 Å². The summed E-state index contributed by atoms with van der Waals surface area (Å²) in [5.74, 6) is 0.500. The lowest BCUT2D eigenvalue weighted by atomic mass is 9.89. The molecule has 0 radical (unpaired) electrons. The van der Waals surface area contributed by atoms with Gasteiger partial charge in [0.05, 0.1) is 30.7 Å². The van der Waals surface area contributed by atoms with Crippen LogP contribution in [-0.4, -0.2) is 25.2 Å². The van der Waals surface area contributed by atoms with Gasteiger partial charge in [0.1, 0.15) is 5.75 Å². The number of ether oxygens (including phenoxy) is 2. The Bertz CT molecular complexity index is 923. The number of H-pyrrole nitrogens is 1. The summed E-state index contributed by atoms with van der Waals surface area (Å²) < 4.78 is 10.6. The SMILES string of the molecule is COC(=O)c1cccc2[nH]c3c4c(cc(OC)c3c12)CCCC4. The van der Waals surface area contributed by atoms with Gasteiger partial charge in [-0.3, -0.25) is 0 Å². The first-order valence-corrected chi connectivity index (χ1v) is 7.96. The van der Waals surface area contributed by atoms with E-state index in [2.05, 4.69) is 11.1 Å². The topological polar surface area (TPSA) is 51.3 Å². The van der Waals surface area contributed by atoms with Gasteiger partial charge in [0.15, 0.2) is 0 Å². The Kier molecular flexibility index (Phi) is 3.26. The minimum Gasteiger partial charge on any atom is -0.496 e. The Labute approximate surface area is 134 Å². The molecule has 1 aliphatic rings. The highest BCUT2D eigenvalue weighted by Gasteiger charge is 2.22. The molecule has 0 unspecified atom stereocenters. The number of rotatable bonds is 2. The minimum atomic E-state index is -0.323. The quantitative estimate of drug-likeness (QED) is 0.728. The number of fused-ring (bicyclic) bond motifs is 5. The maximum Gasteiger partial charge on any atom is 0.338 e. The largest absolute Gasteiger partial charge is 0.496 e. The fourth-order valence-electron chi connectivity index (χ4n) is 3.77. The van der Waals surface area contributed by atoms with Crippen molar-refractivity contribution in [3.8, 4) is 5.75 Å². The average molecular weight is 309 g/mol. The molecule has 0 atom stereocenters. The second-order valence-corrected chi connectivity index (χ2v) is 6.02. The van der Waals surface area contributed by atoms with E-state index in [0.29, 0.717) is 5.56 Å². The van der Waals surface area contributed by atoms with E-state index < -0.39 is 0 Å². The van der Waals surface area contributed by atoms with E-state index in [4.69, 9.17) is 9.47 Å². The number of carbonyl (C=O) groups is 1. The standard InChI is InChI=1S/C19H19NO3/c1-22-15-10-11-6-3-4-7-12(11)18-17(15)16-13(19(21)23-2)8-5-9-14(16)20-18/h5,8-10,20H,3-4,6-7H2,1-2H3. The number of benzene rings is 2. The average Bonchev–Trinajstić information content (AvgIpc) is 3.00. The van der Waals surface area contributed by atoms with Crippen molar-refractivity contribution in [3.63, 3.8) is 0 Å². The van der Waals surface area contributed by atoms with Gasteiger partial charge in [0.25, 0.3) is 0 Å². The first-order valence-electron chi connectivity index (χ1n) is 7.96. The van der Waals surface area contributed by atoms with Crippen LogP contribution in [0.15, 0.2) is 24.3 Å². The fourth-order valence-corrected chi connectivity index (χ4v) is 3.77. The van der Waals surface area contributed by atoms with Crippen molar-refractivity contribution in [2.45, 2.75) is 25.7 Å². The molecule has 4 nitrogen and oxygen atoms in total. The molecular formula is C19H19NO3. The lowest BCUT2D eigenvalue weighted by Crippen LogP contribution is -2.04. The first-order chi connectivity index (χ1) is 11.2. The molecule has 1 aromatic heterocycles. The third-order valence-corrected chi connectivity index (χ3v) is 4.81. The molecule has 23 heavy (non-hydrogen) atoms. The molecule has 0 amide bonds. The van der Waals surface area contributed by atoms with Crippen molar-refractivity contribution in [1.82, 2.24) is 4.98 Å². The Morgan fingerprint density at radius 1 is 1.13 bits per heavy atom. The van der Waals surface area contributed by atoms with Crippen LogP contribution in [0.25, 0.3) is 21.8 Å². The summed E-state index contributed by atoms with van der Waals surface area (Å²) >= 11 is 0. The number of carbonyl (C=O) groups excluding carboxylic acids is 1. The second-order valence-electron chi connectivity index (χ2n) is 6.02. The highest BCUT2D eigenvalue weighted by atomic mass is 16.5. The molecule has 1 heterocycles. The summed E-state index contributed by atoms with van der Waals surface area (Å²) in [6.07, 6.45) is 4.57. The molecule has 0 bridgehead atoms. The lowest BCUT2D eigenvalue weighted by molar-refractivity contribution is 0.0603. The highest BCUT2D eigenvalue weighted by Crippen LogP contribution is 2.40. The Morgan fingerprint density at radius 3 is 2.74 bits per heavy atom. The van der Waals surface area contributed by atoms with Crippen molar-refractivity contribution >= 4 is 27.8 Å². The number of hydrogen-bond donors (Lipinski definition) is 1. The Balaban J connectivity index is 2.17. The molecule has 0 fully saturated rings. The Morgan fingerprint density at radius 2 is 1.96 bits per heavy atom. The van der Waals surface area contributed by atoms with Gasteiger partial charge >= 0.3 is 5.97 Å². The maximum absolute atomic E-state index is 12.2. The van der Waals surface area contributed by atoms with Gasteiger partial charge in [0.2, 0.25) is 0 Å². The zero-order valence-corrected chi connectivity index (χ0v) is 13.4. The summed E-state index contributed by atoms with van der Waals surface area (Å²) in [7, 11) is 3.10. The number of aromatic amines is 1. The summed E-state index contributed by atoms with van der Waals surface area (Å²) in [4.78, 5) is 15.7. The molecule has 2 aromatic carbocycles. The molecule has 4 rings (SSSR count). The monoisotopic (exact) mass is 309 g/mol. The third-order valence-electron chi connectivity index (χ3n) is 4.81. The van der Waals surface area contributed by atoms with Crippen molar-refractivity contribution < 1.29 is 14.3 Å². The molecule has 0 aliphatic heterocycles. The van der Waals surface area contributed by atoms with Gasteiger partial charge in [-0.2, -0.15) is 0 Å². The summed E-state index contributed by atoms with van der Waals surface area (Å²) in [6, 6.07) is 7.82. The normalized spacial score (nSPS) is 14.0. The second kappa shape index (κ2) is 5.30. The van der Waals surface area contributed by atoms with E-state index in [9.17, 15) is 4.79 Å². The smallest absolute Gasteiger partial charge is 0.338 e. The van der Waals surface area contributed by atoms with E-state index in [1.54, 1.807) is 13.2 Å². The molecule has 0 saturated heterocycles. The maximum atomic E-state index is 12.2. The van der Waals surface area contributed by atoms with Crippen molar-refractivity contribution in [3.05, 3.63) is 41.0 Å². The number of nitrogens with one attached hydrogen (secondary N) is 1. The predicted molar refractivity (Wildman–Crippen MR) is 90.3 cm³/mol. The molecule has 0 spiro atoms. The molecule has 0 saturated carbocycles. The number of aromatic nitrogens is 1. The van der Waals surface area contributed by atoms with E-state index in [1.165, 1.54) is 31.1 Å². The zero-order chi connectivity index (χ0) is 16.0. The van der Waals surface area contributed by atoms with Crippen LogP contribution in [0.4, 0.5) is 0 Å². The van der Waals surface area contributed by atoms with Crippen LogP contribution in [0.2, 0.25) is 0 Å². The van der Waals surface area contributed by atoms with Crippen LogP contribution in [0, 0.1) is 0 Å². The van der Waals surface area contributed by atoms with E-state index in [0.717, 1.165) is 40.4 Å². The third kappa shape index (κ3) is 2.01. The summed E-state index contributed by atoms with van der Waals surface area (Å²) in [5.41, 5.74) is 5.33. The van der Waals surface area contributed by atoms with Gasteiger partial charge < -0.3 is 14.5 Å². The van der Waals surface area contributed by atoms with Crippen molar-refractivity contribution in [2.75, 3.05) is 14.2 Å². The van der Waals surface area contributed by atoms with Gasteiger partial charge in [-0.05, 0) is 55.0 Å². The molecule has 3 aromatic rings. The van der Waals surface area contributed by atoms with Gasteiger partial charge in [0, 0.05) is 10.9 Å². The van der Waals surface area contributed by atoms with Crippen LogP contribution in [0.1, 0.15) is 34.3 Å². The number of hydrogen-bond acceptors (Lipinski definition) is 3. The molecule has 4 heteroatoms. The van der Waals surface area contributed by atoms with Crippen molar-refractivity contribution in [1.29, 1.82) is 0 Å². The number of esters is 1. The molecule has 1 aliphatic carbocycles. The van der Waals surface area contributed by atoms with Crippen LogP contribution in [0.5, 0.6) is 5.75 Å². The van der Waals surface area contributed by atoms with E-state index in [1.807, 2.05) is 12.1 Å². The van der Waals surface area contributed by atoms with Crippen molar-refractivity contribution in [2.24, 2.45) is 0 Å². The minimum absolute atomic E-state index is 0.323. The highest BCUT2D eigenvalue weighted by molar-refractivity contribution is 6.19. The van der Waals surface area contributed by atoms with Crippen LogP contribution >= 0.6 is 0 Å².